The van der Waals surface area contributed by atoms with Gasteiger partial charge in [-0.15, -0.1) is 0 Å². The van der Waals surface area contributed by atoms with Crippen LogP contribution in [0.15, 0.2) is 0 Å². The summed E-state index contributed by atoms with van der Waals surface area (Å²) in [6.07, 6.45) is 0. The molecule has 0 bridgehead atoms. The van der Waals surface area contributed by atoms with Crippen LogP contribution in [-0.4, -0.2) is 49.8 Å². The Bertz CT molecular complexity index is 131. The summed E-state index contributed by atoms with van der Waals surface area (Å²) in [6.45, 7) is 11.6. The van der Waals surface area contributed by atoms with Gasteiger partial charge in [-0.2, -0.15) is 0 Å². The summed E-state index contributed by atoms with van der Waals surface area (Å²) in [6, 6.07) is 1.23. The predicted octanol–water partition coefficient (Wildman–Crippen LogP) is 0.705. The van der Waals surface area contributed by atoms with E-state index in [1.807, 2.05) is 6.92 Å². The highest BCUT2D eigenvalue weighted by molar-refractivity contribution is 4.80. The third-order valence-electron chi connectivity index (χ3n) is 2.39. The van der Waals surface area contributed by atoms with Gasteiger partial charge in [0.1, 0.15) is 0 Å². The molecular formula is C10H22N2O. The monoisotopic (exact) mass is 186 g/mol. The summed E-state index contributed by atoms with van der Waals surface area (Å²) in [7, 11) is 0. The number of nitrogens with zero attached hydrogens (tertiary/aromatic N) is 1. The SMILES string of the molecule is CCOCCN1CC(C)NC(C)C1. The summed E-state index contributed by atoms with van der Waals surface area (Å²) in [5.74, 6) is 0. The van der Waals surface area contributed by atoms with Gasteiger partial charge in [0.05, 0.1) is 6.61 Å². The quantitative estimate of drug-likeness (QED) is 0.654. The lowest BCUT2D eigenvalue weighted by atomic mass is 10.1. The van der Waals surface area contributed by atoms with Gasteiger partial charge in [0.2, 0.25) is 0 Å². The van der Waals surface area contributed by atoms with Crippen LogP contribution in [0, 0.1) is 0 Å². The Balaban J connectivity index is 2.17. The Labute approximate surface area is 81.4 Å². The molecule has 1 N–H and O–H groups in total. The van der Waals surface area contributed by atoms with Gasteiger partial charge in [0.25, 0.3) is 0 Å². The first-order valence-corrected chi connectivity index (χ1v) is 5.28. The fraction of sp³-hybridized carbons (Fsp3) is 1.00. The zero-order valence-corrected chi connectivity index (χ0v) is 9.05. The maximum atomic E-state index is 5.34. The number of nitrogens with one attached hydrogen (secondary N) is 1. The molecule has 2 unspecified atom stereocenters. The minimum Gasteiger partial charge on any atom is -0.380 e. The molecule has 78 valence electrons. The maximum Gasteiger partial charge on any atom is 0.0593 e. The van der Waals surface area contributed by atoms with E-state index < -0.39 is 0 Å². The third-order valence-corrected chi connectivity index (χ3v) is 2.39. The number of rotatable bonds is 4. The van der Waals surface area contributed by atoms with Crippen LogP contribution >= 0.6 is 0 Å². The van der Waals surface area contributed by atoms with Crippen molar-refractivity contribution in [2.24, 2.45) is 0 Å². The molecule has 1 aliphatic heterocycles. The molecule has 0 aromatic carbocycles. The van der Waals surface area contributed by atoms with Crippen LogP contribution < -0.4 is 5.32 Å². The molecule has 1 rings (SSSR count). The second-order valence-electron chi connectivity index (χ2n) is 3.93. The van der Waals surface area contributed by atoms with E-state index in [0.29, 0.717) is 12.1 Å². The van der Waals surface area contributed by atoms with Crippen molar-refractivity contribution in [3.63, 3.8) is 0 Å². The predicted molar refractivity (Wildman–Crippen MR) is 55.0 cm³/mol. The lowest BCUT2D eigenvalue weighted by molar-refractivity contribution is 0.0920. The van der Waals surface area contributed by atoms with E-state index in [9.17, 15) is 0 Å². The highest BCUT2D eigenvalue weighted by Crippen LogP contribution is 2.02. The molecule has 0 aromatic rings. The molecule has 1 saturated heterocycles. The molecule has 3 nitrogen and oxygen atoms in total. The van der Waals surface area contributed by atoms with E-state index in [4.69, 9.17) is 4.74 Å². The Morgan fingerprint density at radius 2 is 1.92 bits per heavy atom. The molecule has 0 aliphatic carbocycles. The van der Waals surface area contributed by atoms with Crippen molar-refractivity contribution in [1.82, 2.24) is 10.2 Å². The smallest absolute Gasteiger partial charge is 0.0593 e. The first-order chi connectivity index (χ1) is 6.22. The van der Waals surface area contributed by atoms with E-state index in [1.165, 1.54) is 0 Å². The van der Waals surface area contributed by atoms with E-state index in [2.05, 4.69) is 24.1 Å². The van der Waals surface area contributed by atoms with Crippen LogP contribution in [0.2, 0.25) is 0 Å². The summed E-state index contributed by atoms with van der Waals surface area (Å²) < 4.78 is 5.34. The van der Waals surface area contributed by atoms with Gasteiger partial charge in [-0.3, -0.25) is 4.90 Å². The van der Waals surface area contributed by atoms with E-state index in [-0.39, 0.29) is 0 Å². The molecule has 0 aromatic heterocycles. The average molecular weight is 186 g/mol. The van der Waals surface area contributed by atoms with Gasteiger partial charge in [-0.1, -0.05) is 0 Å². The number of piperazine rings is 1. The minimum atomic E-state index is 0.616. The average Bonchev–Trinajstić information content (AvgIpc) is 2.03. The highest BCUT2D eigenvalue weighted by atomic mass is 16.5. The van der Waals surface area contributed by atoms with E-state index in [0.717, 1.165) is 32.8 Å². The van der Waals surface area contributed by atoms with E-state index >= 15 is 0 Å². The normalized spacial score (nSPS) is 30.7. The first kappa shape index (κ1) is 11.0. The Kier molecular flexibility index (Phi) is 4.70. The molecule has 0 amide bonds. The Morgan fingerprint density at radius 3 is 2.46 bits per heavy atom. The third kappa shape index (κ3) is 4.07. The zero-order valence-electron chi connectivity index (χ0n) is 9.05. The van der Waals surface area contributed by atoms with Crippen LogP contribution in [0.1, 0.15) is 20.8 Å². The standard InChI is InChI=1S/C10H22N2O/c1-4-13-6-5-12-7-9(2)11-10(3)8-12/h9-11H,4-8H2,1-3H3. The fourth-order valence-electron chi connectivity index (χ4n) is 1.96. The van der Waals surface area contributed by atoms with Crippen molar-refractivity contribution in [3.05, 3.63) is 0 Å². The Morgan fingerprint density at radius 1 is 1.31 bits per heavy atom. The van der Waals surface area contributed by atoms with Gasteiger partial charge >= 0.3 is 0 Å². The van der Waals surface area contributed by atoms with Crippen molar-refractivity contribution in [3.8, 4) is 0 Å². The molecular weight excluding hydrogens is 164 g/mol. The summed E-state index contributed by atoms with van der Waals surface area (Å²) in [4.78, 5) is 2.47. The molecule has 0 radical (unpaired) electrons. The molecule has 0 saturated carbocycles. The largest absolute Gasteiger partial charge is 0.380 e. The lowest BCUT2D eigenvalue weighted by Crippen LogP contribution is -2.54. The number of hydrogen-bond acceptors (Lipinski definition) is 3. The van der Waals surface area contributed by atoms with Gasteiger partial charge < -0.3 is 10.1 Å². The summed E-state index contributed by atoms with van der Waals surface area (Å²) >= 11 is 0. The molecule has 13 heavy (non-hydrogen) atoms. The van der Waals surface area contributed by atoms with Gasteiger partial charge in [-0.05, 0) is 20.8 Å². The second kappa shape index (κ2) is 5.58. The molecule has 1 aliphatic rings. The van der Waals surface area contributed by atoms with Crippen LogP contribution in [0.5, 0.6) is 0 Å². The van der Waals surface area contributed by atoms with Crippen molar-refractivity contribution in [1.29, 1.82) is 0 Å². The molecule has 3 heteroatoms. The lowest BCUT2D eigenvalue weighted by Gasteiger charge is -2.35. The minimum absolute atomic E-state index is 0.616. The fourth-order valence-corrected chi connectivity index (χ4v) is 1.96. The van der Waals surface area contributed by atoms with Crippen LogP contribution in [0.4, 0.5) is 0 Å². The van der Waals surface area contributed by atoms with Crippen LogP contribution in [0.3, 0.4) is 0 Å². The highest BCUT2D eigenvalue weighted by Gasteiger charge is 2.19. The molecule has 0 spiro atoms. The number of hydrogen-bond donors (Lipinski definition) is 1. The molecule has 1 heterocycles. The van der Waals surface area contributed by atoms with Crippen molar-refractivity contribution < 1.29 is 4.74 Å². The van der Waals surface area contributed by atoms with Gasteiger partial charge in [-0.25, -0.2) is 0 Å². The number of ether oxygens (including phenoxy) is 1. The van der Waals surface area contributed by atoms with Gasteiger partial charge in [0, 0.05) is 38.3 Å². The summed E-state index contributed by atoms with van der Waals surface area (Å²) in [5.41, 5.74) is 0. The molecule has 2 atom stereocenters. The topological polar surface area (TPSA) is 24.5 Å². The first-order valence-electron chi connectivity index (χ1n) is 5.28. The van der Waals surface area contributed by atoms with Crippen molar-refractivity contribution >= 4 is 0 Å². The summed E-state index contributed by atoms with van der Waals surface area (Å²) in [5, 5.41) is 3.52. The van der Waals surface area contributed by atoms with Crippen molar-refractivity contribution in [2.75, 3.05) is 32.8 Å². The Hall–Kier alpha value is -0.120. The van der Waals surface area contributed by atoms with Crippen LogP contribution in [-0.2, 0) is 4.74 Å². The molecule has 1 fully saturated rings. The van der Waals surface area contributed by atoms with Crippen molar-refractivity contribution in [2.45, 2.75) is 32.9 Å². The van der Waals surface area contributed by atoms with Crippen LogP contribution in [0.25, 0.3) is 0 Å². The van der Waals surface area contributed by atoms with E-state index in [1.54, 1.807) is 0 Å². The second-order valence-corrected chi connectivity index (χ2v) is 3.93. The van der Waals surface area contributed by atoms with Gasteiger partial charge in [0.15, 0.2) is 0 Å². The maximum absolute atomic E-state index is 5.34. The zero-order chi connectivity index (χ0) is 9.68.